The molecule has 5 unspecified atom stereocenters. The van der Waals surface area contributed by atoms with Gasteiger partial charge < -0.3 is 37.7 Å². The molecule has 4 aliphatic rings. The van der Waals surface area contributed by atoms with E-state index in [1.165, 1.54) is 19.3 Å². The maximum atomic E-state index is 6.51. The Balaban J connectivity index is 0.000000430. The molecule has 2 fully saturated rings. The molecule has 0 bridgehead atoms. The number of fused-ring (bicyclic) bond motifs is 2. The quantitative estimate of drug-likeness (QED) is 0.277. The molecule has 4 aliphatic carbocycles. The van der Waals surface area contributed by atoms with Gasteiger partial charge >= 0.3 is 26.2 Å². The molecule has 4 rings (SSSR count). The van der Waals surface area contributed by atoms with E-state index in [0.29, 0.717) is 11.5 Å². The Kier molecular flexibility index (Phi) is 12.1. The Hall–Kier alpha value is 0.930. The van der Waals surface area contributed by atoms with Crippen LogP contribution in [-0.4, -0.2) is 7.38 Å². The largest absolute Gasteiger partial charge is 4.00 e. The van der Waals surface area contributed by atoms with Crippen LogP contribution in [0.4, 0.5) is 0 Å². The van der Waals surface area contributed by atoms with Crippen molar-refractivity contribution in [2.75, 3.05) is 0 Å². The zero-order valence-corrected chi connectivity index (χ0v) is 20.6. The van der Waals surface area contributed by atoms with Crippen LogP contribution in [-0.2, 0) is 26.2 Å². The molecule has 0 nitrogen and oxygen atoms in total. The maximum absolute atomic E-state index is 6.51. The van der Waals surface area contributed by atoms with Crippen molar-refractivity contribution < 1.29 is 51.0 Å². The van der Waals surface area contributed by atoms with E-state index in [9.17, 15) is 0 Å². The molecule has 0 amide bonds. The minimum atomic E-state index is -1.50. The van der Waals surface area contributed by atoms with Crippen molar-refractivity contribution in [3.63, 3.8) is 0 Å². The molecule has 5 heteroatoms. The van der Waals surface area contributed by atoms with Gasteiger partial charge in [0.1, 0.15) is 7.38 Å². The van der Waals surface area contributed by atoms with Gasteiger partial charge in [-0.1, -0.05) is 62.0 Å². The molecule has 0 N–H and O–H groups in total. The van der Waals surface area contributed by atoms with E-state index in [1.54, 1.807) is 0 Å². The van der Waals surface area contributed by atoms with Gasteiger partial charge in [-0.2, -0.15) is 29.5 Å². The molecular formula is C20H27Cl3SiZr. The van der Waals surface area contributed by atoms with Crippen molar-refractivity contribution in [2.24, 2.45) is 23.7 Å². The third-order valence-electron chi connectivity index (χ3n) is 5.40. The third-order valence-corrected chi connectivity index (χ3v) is 8.36. The number of allylic oxidation sites excluding steroid dienone is 8. The maximum Gasteiger partial charge on any atom is 4.00 e. The first kappa shape index (κ1) is 25.9. The molecule has 0 saturated heterocycles. The average Bonchev–Trinajstić information content (AvgIpc) is 3.14. The second-order valence-corrected chi connectivity index (χ2v) is 14.1. The topological polar surface area (TPSA) is 0 Å². The Labute approximate surface area is 191 Å². The van der Waals surface area contributed by atoms with Crippen molar-refractivity contribution in [2.45, 2.75) is 37.9 Å². The summed E-state index contributed by atoms with van der Waals surface area (Å²) < 4.78 is 0. The van der Waals surface area contributed by atoms with Crippen LogP contribution in [0.5, 0.6) is 0 Å². The fourth-order valence-corrected chi connectivity index (χ4v) is 6.86. The molecule has 5 atom stereocenters. The van der Waals surface area contributed by atoms with Gasteiger partial charge in [0.15, 0.2) is 0 Å². The van der Waals surface area contributed by atoms with Crippen molar-refractivity contribution in [3.8, 4) is 0 Å². The predicted molar refractivity (Wildman–Crippen MR) is 100 cm³/mol. The zero-order chi connectivity index (χ0) is 15.6. The van der Waals surface area contributed by atoms with Gasteiger partial charge in [0.05, 0.1) is 0 Å². The van der Waals surface area contributed by atoms with E-state index >= 15 is 0 Å². The van der Waals surface area contributed by atoms with Crippen molar-refractivity contribution in [1.82, 2.24) is 0 Å². The second-order valence-electron chi connectivity index (χ2n) is 7.40. The van der Waals surface area contributed by atoms with Crippen molar-refractivity contribution >= 4 is 18.5 Å². The summed E-state index contributed by atoms with van der Waals surface area (Å²) >= 11 is 6.51. The molecule has 0 radical (unpaired) electrons. The van der Waals surface area contributed by atoms with Crippen LogP contribution >= 0.6 is 11.1 Å². The molecule has 0 spiro atoms. The monoisotopic (exact) mass is 490 g/mol. The third kappa shape index (κ3) is 6.79. The normalized spacial score (nSPS) is 33.8. The van der Waals surface area contributed by atoms with E-state index in [-0.39, 0.29) is 51.0 Å². The van der Waals surface area contributed by atoms with Crippen LogP contribution in [0.2, 0.25) is 18.6 Å². The SMILES string of the molecule is C1=CC2[CH-]CCC2C=C1.C[Si](C)(Cl)C1[CH-]CC2C=CC=CC21.[Cl-].[Cl-].[Zr+4]. The van der Waals surface area contributed by atoms with Gasteiger partial charge in [0.25, 0.3) is 0 Å². The van der Waals surface area contributed by atoms with Gasteiger partial charge in [-0.15, -0.1) is 12.0 Å². The minimum absolute atomic E-state index is 0. The van der Waals surface area contributed by atoms with Crippen molar-refractivity contribution in [3.05, 3.63) is 61.4 Å². The van der Waals surface area contributed by atoms with E-state index in [1.807, 2.05) is 0 Å². The molecule has 25 heavy (non-hydrogen) atoms. The van der Waals surface area contributed by atoms with E-state index in [2.05, 4.69) is 74.5 Å². The first-order chi connectivity index (χ1) is 10.6. The summed E-state index contributed by atoms with van der Waals surface area (Å²) in [5.41, 5.74) is 0.667. The summed E-state index contributed by atoms with van der Waals surface area (Å²) in [4.78, 5) is 0. The van der Waals surface area contributed by atoms with Crippen LogP contribution in [0.25, 0.3) is 0 Å². The van der Waals surface area contributed by atoms with Gasteiger partial charge in [0.2, 0.25) is 0 Å². The average molecular weight is 493 g/mol. The number of hydrogen-bond donors (Lipinski definition) is 0. The van der Waals surface area contributed by atoms with Crippen LogP contribution < -0.4 is 24.8 Å². The number of rotatable bonds is 1. The fraction of sp³-hybridized carbons (Fsp3) is 0.500. The Morgan fingerprint density at radius 1 is 0.880 bits per heavy atom. The second kappa shape index (κ2) is 11.7. The smallest absolute Gasteiger partial charge is 1.00 e. The summed E-state index contributed by atoms with van der Waals surface area (Å²) in [7, 11) is -1.50. The van der Waals surface area contributed by atoms with Crippen LogP contribution in [0, 0.1) is 36.5 Å². The Bertz CT molecular complexity index is 490. The van der Waals surface area contributed by atoms with Gasteiger partial charge in [0, 0.05) is 0 Å². The van der Waals surface area contributed by atoms with E-state index < -0.39 is 7.38 Å². The molecule has 0 aromatic heterocycles. The molecule has 0 aromatic rings. The first-order valence-corrected chi connectivity index (χ1v) is 12.7. The summed E-state index contributed by atoms with van der Waals surface area (Å²) in [6, 6.07) is 0. The fourth-order valence-electron chi connectivity index (χ4n) is 4.18. The van der Waals surface area contributed by atoms with E-state index in [0.717, 1.165) is 17.8 Å². The summed E-state index contributed by atoms with van der Waals surface area (Å²) in [6.07, 6.45) is 26.7. The van der Waals surface area contributed by atoms with Crippen LogP contribution in [0.3, 0.4) is 0 Å². The minimum Gasteiger partial charge on any atom is -1.00 e. The molecule has 136 valence electrons. The molecular weight excluding hydrogens is 466 g/mol. The van der Waals surface area contributed by atoms with Crippen LogP contribution in [0.1, 0.15) is 19.3 Å². The standard InChI is InChI=1S/C11H16ClSi.C9H11.2ClH.Zr/c1-13(2,12)11-8-7-9-5-3-4-6-10(9)11;1-2-5-9-7-3-6-8(9)4-1;;;/h3-6,8-11H,7H2,1-2H3;1-2,4-6,8-9H,3,7H2;2*1H;/q2*-1;;;+4/p-2. The van der Waals surface area contributed by atoms with E-state index in [4.69, 9.17) is 11.1 Å². The molecule has 0 aromatic carbocycles. The molecule has 0 aliphatic heterocycles. The molecule has 0 heterocycles. The van der Waals surface area contributed by atoms with Crippen LogP contribution in [0.15, 0.2) is 48.6 Å². The van der Waals surface area contributed by atoms with Gasteiger partial charge in [-0.3, -0.25) is 0 Å². The Morgan fingerprint density at radius 3 is 2.12 bits per heavy atom. The first-order valence-electron chi connectivity index (χ1n) is 8.61. The van der Waals surface area contributed by atoms with Gasteiger partial charge in [-0.25, -0.2) is 0 Å². The van der Waals surface area contributed by atoms with Crippen molar-refractivity contribution in [1.29, 1.82) is 0 Å². The summed E-state index contributed by atoms with van der Waals surface area (Å²) in [5, 5.41) is 0. The van der Waals surface area contributed by atoms with Gasteiger partial charge in [-0.05, 0) is 17.8 Å². The number of hydrogen-bond acceptors (Lipinski definition) is 0. The number of halogens is 3. The zero-order valence-electron chi connectivity index (χ0n) is 14.9. The summed E-state index contributed by atoms with van der Waals surface area (Å²) in [6.45, 7) is 4.51. The molecule has 2 saturated carbocycles. The Morgan fingerprint density at radius 2 is 1.48 bits per heavy atom. The summed E-state index contributed by atoms with van der Waals surface area (Å²) in [5.74, 6) is 3.05. The predicted octanol–water partition coefficient (Wildman–Crippen LogP) is 0.115.